The van der Waals surface area contributed by atoms with Crippen LogP contribution in [0.3, 0.4) is 0 Å². The highest BCUT2D eigenvalue weighted by molar-refractivity contribution is 7.81. The highest BCUT2D eigenvalue weighted by atomic mass is 31.1. The van der Waals surface area contributed by atoms with E-state index in [0.717, 1.165) is 11.5 Å². The van der Waals surface area contributed by atoms with E-state index in [0.29, 0.717) is 0 Å². The van der Waals surface area contributed by atoms with Gasteiger partial charge in [-0.25, -0.2) is 0 Å². The smallest absolute Gasteiger partial charge is 0.132 e. The number of rotatable bonds is 10. The second-order valence-electron chi connectivity index (χ2n) is 19.3. The summed E-state index contributed by atoms with van der Waals surface area (Å²) < 4.78 is 6.39. The van der Waals surface area contributed by atoms with Gasteiger partial charge in [0.15, 0.2) is 0 Å². The summed E-state index contributed by atoms with van der Waals surface area (Å²) in [7, 11) is -2.39. The molecule has 0 atom stereocenters. The Labute approximate surface area is 445 Å². The van der Waals surface area contributed by atoms with E-state index in [9.17, 15) is 0 Å². The fraction of sp³-hybridized carbons (Fsp3) is 0.0423. The zero-order valence-corrected chi connectivity index (χ0v) is 44.7. The fourth-order valence-electron chi connectivity index (χ4n) is 10.9. The Morgan fingerprint density at radius 2 is 0.587 bits per heavy atom. The summed E-state index contributed by atoms with van der Waals surface area (Å²) in [5, 5.41) is 17.4. The zero-order chi connectivity index (χ0) is 50.6. The third-order valence-corrected chi connectivity index (χ3v) is 21.7. The van der Waals surface area contributed by atoms with E-state index in [2.05, 4.69) is 305 Å². The van der Waals surface area contributed by atoms with Gasteiger partial charge in [0.1, 0.15) is 11.5 Å². The van der Waals surface area contributed by atoms with Gasteiger partial charge in [-0.2, -0.15) is 0 Å². The van der Waals surface area contributed by atoms with Crippen LogP contribution in [0.5, 0.6) is 11.5 Å². The molecule has 0 unspecified atom stereocenters. The van der Waals surface area contributed by atoms with E-state index < -0.39 is 23.8 Å². The predicted molar refractivity (Wildman–Crippen MR) is 328 cm³/mol. The molecule has 360 valence electrons. The summed E-state index contributed by atoms with van der Waals surface area (Å²) in [5.74, 6) is 1.94. The molecular formula is C71H55OP3. The van der Waals surface area contributed by atoms with Crippen LogP contribution >= 0.6 is 23.8 Å². The Kier molecular flexibility index (Phi) is 13.9. The van der Waals surface area contributed by atoms with E-state index in [-0.39, 0.29) is 5.41 Å². The summed E-state index contributed by atoms with van der Waals surface area (Å²) >= 11 is 0. The second-order valence-corrected chi connectivity index (χ2v) is 25.8. The standard InChI is InChI=1S/C44H32P2.C27H23OP/c1-5-19-35(20-6-1)45(36-21-7-2-8-22-36)41-31-29-33-17-13-15-27-39(33)43(41)44-40-28-16-14-18-34(40)30-32-42(44)46(37-23-9-3-10-24-37)38-25-11-4-12-26-38;1-27(2)22-16-9-10-17-23(22)28-24-18-11-19-25(26(24)27)29(20-12-5-3-6-13-20)21-14-7-4-8-15-21/h1-32H;3-19H,1-2H3. The van der Waals surface area contributed by atoms with Crippen molar-refractivity contribution in [2.45, 2.75) is 19.3 Å². The van der Waals surface area contributed by atoms with Crippen LogP contribution in [0, 0.1) is 0 Å². The van der Waals surface area contributed by atoms with Crippen LogP contribution in [0.4, 0.5) is 0 Å². The third kappa shape index (κ3) is 9.55. The van der Waals surface area contributed by atoms with Gasteiger partial charge in [-0.05, 0) is 116 Å². The topological polar surface area (TPSA) is 9.23 Å². The molecule has 0 saturated heterocycles. The molecule has 0 bridgehead atoms. The SMILES string of the molecule is CC1(C)c2ccccc2Oc2cccc(P(c3ccccc3)c3ccccc3)c21.c1ccc(P(c2ccccc2)c2ccc3ccccc3c2-c2c(P(c3ccccc3)c3ccccc3)ccc3ccccc23)cc1. The molecule has 0 aromatic heterocycles. The minimum Gasteiger partial charge on any atom is -0.457 e. The monoisotopic (exact) mass is 1020 g/mol. The van der Waals surface area contributed by atoms with Crippen LogP contribution in [0.2, 0.25) is 0 Å². The van der Waals surface area contributed by atoms with Crippen molar-refractivity contribution in [2.75, 3.05) is 0 Å². The normalized spacial score (nSPS) is 12.4. The Bertz CT molecular complexity index is 3600. The van der Waals surface area contributed by atoms with Gasteiger partial charge in [0, 0.05) is 16.5 Å². The molecular weight excluding hydrogens is 962 g/mol. The van der Waals surface area contributed by atoms with Crippen molar-refractivity contribution in [3.63, 3.8) is 0 Å². The molecule has 13 rings (SSSR count). The highest BCUT2D eigenvalue weighted by Crippen LogP contribution is 2.51. The van der Waals surface area contributed by atoms with Crippen LogP contribution in [-0.4, -0.2) is 0 Å². The van der Waals surface area contributed by atoms with Crippen molar-refractivity contribution in [1.29, 1.82) is 0 Å². The summed E-state index contributed by atoms with van der Waals surface area (Å²) in [6.45, 7) is 4.64. The highest BCUT2D eigenvalue weighted by Gasteiger charge is 2.38. The van der Waals surface area contributed by atoms with Crippen molar-refractivity contribution < 1.29 is 4.74 Å². The number of hydrogen-bond donors (Lipinski definition) is 0. The van der Waals surface area contributed by atoms with Gasteiger partial charge in [0.05, 0.1) is 0 Å². The molecule has 1 nitrogen and oxygen atoms in total. The lowest BCUT2D eigenvalue weighted by molar-refractivity contribution is 0.420. The first-order chi connectivity index (χ1) is 37.0. The van der Waals surface area contributed by atoms with Gasteiger partial charge in [0.2, 0.25) is 0 Å². The molecule has 0 N–H and O–H groups in total. The lowest BCUT2D eigenvalue weighted by Gasteiger charge is -2.37. The quantitative estimate of drug-likeness (QED) is 0.124. The Balaban J connectivity index is 0.000000168. The molecule has 12 aromatic carbocycles. The fourth-order valence-corrected chi connectivity index (χ4v) is 18.5. The summed E-state index contributed by atoms with van der Waals surface area (Å²) in [5.41, 5.74) is 5.12. The molecule has 0 aliphatic carbocycles. The van der Waals surface area contributed by atoms with Crippen molar-refractivity contribution in [3.05, 3.63) is 308 Å². The Morgan fingerprint density at radius 1 is 0.267 bits per heavy atom. The number of fused-ring (bicyclic) bond motifs is 4. The average Bonchev–Trinajstić information content (AvgIpc) is 3.51. The molecule has 75 heavy (non-hydrogen) atoms. The van der Waals surface area contributed by atoms with Crippen LogP contribution in [0.1, 0.15) is 25.0 Å². The van der Waals surface area contributed by atoms with Crippen LogP contribution in [0.15, 0.2) is 297 Å². The zero-order valence-electron chi connectivity index (χ0n) is 42.0. The van der Waals surface area contributed by atoms with Crippen LogP contribution in [-0.2, 0) is 5.41 Å². The molecule has 0 radical (unpaired) electrons. The molecule has 1 heterocycles. The molecule has 0 amide bonds. The molecule has 12 aromatic rings. The molecule has 0 fully saturated rings. The Morgan fingerprint density at radius 3 is 0.987 bits per heavy atom. The van der Waals surface area contributed by atoms with Crippen molar-refractivity contribution in [3.8, 4) is 22.6 Å². The first kappa shape index (κ1) is 48.2. The third-order valence-electron chi connectivity index (χ3n) is 14.3. The maximum absolute atomic E-state index is 6.39. The van der Waals surface area contributed by atoms with Crippen molar-refractivity contribution in [2.24, 2.45) is 0 Å². The van der Waals surface area contributed by atoms with Gasteiger partial charge in [-0.15, -0.1) is 0 Å². The first-order valence-corrected chi connectivity index (χ1v) is 29.7. The van der Waals surface area contributed by atoms with Gasteiger partial charge in [-0.1, -0.05) is 299 Å². The van der Waals surface area contributed by atoms with Crippen LogP contribution < -0.4 is 52.5 Å². The van der Waals surface area contributed by atoms with E-state index in [1.54, 1.807) is 0 Å². The first-order valence-electron chi connectivity index (χ1n) is 25.7. The Hall–Kier alpha value is -7.75. The lowest BCUT2D eigenvalue weighted by Crippen LogP contribution is -2.33. The van der Waals surface area contributed by atoms with Crippen molar-refractivity contribution in [1.82, 2.24) is 0 Å². The van der Waals surface area contributed by atoms with Gasteiger partial charge in [0.25, 0.3) is 0 Å². The molecule has 1 aliphatic heterocycles. The maximum Gasteiger partial charge on any atom is 0.132 e. The number of ether oxygens (including phenoxy) is 1. The van der Waals surface area contributed by atoms with E-state index in [1.807, 2.05) is 6.07 Å². The molecule has 0 spiro atoms. The van der Waals surface area contributed by atoms with Gasteiger partial charge < -0.3 is 4.74 Å². The van der Waals surface area contributed by atoms with Crippen molar-refractivity contribution >= 4 is 93.1 Å². The molecule has 1 aliphatic rings. The maximum atomic E-state index is 6.39. The van der Waals surface area contributed by atoms with Gasteiger partial charge in [-0.3, -0.25) is 0 Å². The minimum atomic E-state index is -0.852. The summed E-state index contributed by atoms with van der Waals surface area (Å²) in [4.78, 5) is 0. The second kappa shape index (κ2) is 21.6. The number of para-hydroxylation sites is 1. The van der Waals surface area contributed by atoms with Crippen LogP contribution in [0.25, 0.3) is 32.7 Å². The van der Waals surface area contributed by atoms with E-state index in [4.69, 9.17) is 4.74 Å². The minimum absolute atomic E-state index is 0.134. The van der Waals surface area contributed by atoms with E-state index in [1.165, 1.54) is 91.5 Å². The molecule has 0 saturated carbocycles. The number of hydrogen-bond acceptors (Lipinski definition) is 1. The number of benzene rings is 12. The lowest BCUT2D eigenvalue weighted by atomic mass is 9.76. The molecule has 4 heteroatoms. The largest absolute Gasteiger partial charge is 0.457 e. The average molecular weight is 1020 g/mol. The predicted octanol–water partition coefficient (Wildman–Crippen LogP) is 15.1. The van der Waals surface area contributed by atoms with E-state index >= 15 is 0 Å². The summed E-state index contributed by atoms with van der Waals surface area (Å²) in [6.07, 6.45) is 0. The van der Waals surface area contributed by atoms with Gasteiger partial charge >= 0.3 is 0 Å². The summed E-state index contributed by atoms with van der Waals surface area (Å²) in [6, 6.07) is 109.